The Morgan fingerprint density at radius 3 is 3.06 bits per heavy atom. The largest absolute Gasteiger partial charge is 0.378 e. The molecule has 0 saturated carbocycles. The third kappa shape index (κ3) is 3.04. The van der Waals surface area contributed by atoms with E-state index in [2.05, 4.69) is 27.6 Å². The molecule has 0 aromatic carbocycles. The van der Waals surface area contributed by atoms with Crippen molar-refractivity contribution in [1.82, 2.24) is 9.97 Å². The van der Waals surface area contributed by atoms with E-state index in [1.54, 1.807) is 6.20 Å². The van der Waals surface area contributed by atoms with Crippen molar-refractivity contribution in [2.24, 2.45) is 5.84 Å². The summed E-state index contributed by atoms with van der Waals surface area (Å²) < 4.78 is 5.52. The Labute approximate surface area is 101 Å². The molecule has 2 rings (SSSR count). The van der Waals surface area contributed by atoms with Gasteiger partial charge in [-0.3, -0.25) is 5.43 Å². The van der Waals surface area contributed by atoms with Crippen LogP contribution in [0.25, 0.3) is 0 Å². The third-order valence-corrected chi connectivity index (χ3v) is 2.93. The zero-order chi connectivity index (χ0) is 12.3. The summed E-state index contributed by atoms with van der Waals surface area (Å²) in [6.45, 7) is 4.86. The van der Waals surface area contributed by atoms with Crippen LogP contribution in [-0.2, 0) is 4.74 Å². The number of ether oxygens (including phenoxy) is 1. The Morgan fingerprint density at radius 2 is 2.35 bits per heavy atom. The van der Waals surface area contributed by atoms with E-state index >= 15 is 0 Å². The van der Waals surface area contributed by atoms with Gasteiger partial charge in [0, 0.05) is 24.4 Å². The van der Waals surface area contributed by atoms with Crippen molar-refractivity contribution >= 4 is 11.8 Å². The average Bonchev–Trinajstić information content (AvgIpc) is 2.32. The van der Waals surface area contributed by atoms with Crippen molar-refractivity contribution in [3.8, 4) is 0 Å². The van der Waals surface area contributed by atoms with Gasteiger partial charge in [-0.25, -0.2) is 10.8 Å². The molecule has 1 saturated heterocycles. The highest BCUT2D eigenvalue weighted by Gasteiger charge is 2.20. The zero-order valence-electron chi connectivity index (χ0n) is 10.2. The van der Waals surface area contributed by atoms with Crippen LogP contribution in [0.15, 0.2) is 6.20 Å². The van der Waals surface area contributed by atoms with Crippen molar-refractivity contribution in [2.45, 2.75) is 38.8 Å². The van der Waals surface area contributed by atoms with E-state index in [-0.39, 0.29) is 0 Å². The Balaban J connectivity index is 2.06. The van der Waals surface area contributed by atoms with Gasteiger partial charge in [-0.2, -0.15) is 4.98 Å². The molecule has 0 bridgehead atoms. The number of nitrogens with one attached hydrogen (secondary N) is 2. The van der Waals surface area contributed by atoms with E-state index in [9.17, 15) is 0 Å². The minimum Gasteiger partial charge on any atom is -0.378 e. The molecule has 2 unspecified atom stereocenters. The molecule has 2 atom stereocenters. The lowest BCUT2D eigenvalue weighted by Gasteiger charge is -2.28. The van der Waals surface area contributed by atoms with Crippen molar-refractivity contribution in [3.05, 3.63) is 11.8 Å². The summed E-state index contributed by atoms with van der Waals surface area (Å²) in [5, 5.41) is 3.43. The molecule has 17 heavy (non-hydrogen) atoms. The van der Waals surface area contributed by atoms with E-state index < -0.39 is 0 Å². The fourth-order valence-corrected chi connectivity index (χ4v) is 1.98. The number of nitrogen functional groups attached to an aromatic ring is 1. The van der Waals surface area contributed by atoms with Crippen LogP contribution in [0.4, 0.5) is 11.8 Å². The first-order chi connectivity index (χ1) is 8.19. The SMILES string of the molecule is Cc1cnc(NN)nc1NC1CCOC(C)C1. The maximum atomic E-state index is 5.52. The fraction of sp³-hybridized carbons (Fsp3) is 0.636. The summed E-state index contributed by atoms with van der Waals surface area (Å²) in [5.74, 6) is 6.57. The number of hydrazine groups is 1. The number of aryl methyl sites for hydroxylation is 1. The van der Waals surface area contributed by atoms with E-state index in [0.717, 1.165) is 30.8 Å². The molecule has 1 aromatic rings. The predicted molar refractivity (Wildman–Crippen MR) is 66.6 cm³/mol. The van der Waals surface area contributed by atoms with E-state index in [1.807, 2.05) is 6.92 Å². The molecule has 1 aliphatic rings. The molecule has 0 spiro atoms. The molecule has 1 aromatic heterocycles. The van der Waals surface area contributed by atoms with Crippen molar-refractivity contribution < 1.29 is 4.74 Å². The number of hydrogen-bond donors (Lipinski definition) is 3. The van der Waals surface area contributed by atoms with Gasteiger partial charge in [-0.15, -0.1) is 0 Å². The van der Waals surface area contributed by atoms with Crippen molar-refractivity contribution in [3.63, 3.8) is 0 Å². The van der Waals surface area contributed by atoms with Gasteiger partial charge in [0.2, 0.25) is 5.95 Å². The molecule has 2 heterocycles. The van der Waals surface area contributed by atoms with Crippen LogP contribution >= 0.6 is 0 Å². The standard InChI is InChI=1S/C11H19N5O/c1-7-6-13-11(16-12)15-10(7)14-9-3-4-17-8(2)5-9/h6,8-9H,3-5,12H2,1-2H3,(H2,13,14,15,16). The lowest BCUT2D eigenvalue weighted by atomic mass is 10.0. The molecule has 6 nitrogen and oxygen atoms in total. The summed E-state index contributed by atoms with van der Waals surface area (Å²) >= 11 is 0. The maximum Gasteiger partial charge on any atom is 0.239 e. The molecule has 0 amide bonds. The van der Waals surface area contributed by atoms with Gasteiger partial charge in [0.1, 0.15) is 5.82 Å². The van der Waals surface area contributed by atoms with Crippen LogP contribution in [0.3, 0.4) is 0 Å². The van der Waals surface area contributed by atoms with Gasteiger partial charge in [-0.05, 0) is 26.7 Å². The molecular weight excluding hydrogens is 218 g/mol. The number of anilines is 2. The average molecular weight is 237 g/mol. The molecule has 1 aliphatic heterocycles. The van der Waals surface area contributed by atoms with Gasteiger partial charge < -0.3 is 10.1 Å². The topological polar surface area (TPSA) is 85.1 Å². The van der Waals surface area contributed by atoms with Gasteiger partial charge in [0.05, 0.1) is 6.10 Å². The smallest absolute Gasteiger partial charge is 0.239 e. The second-order valence-corrected chi connectivity index (χ2v) is 4.42. The lowest BCUT2D eigenvalue weighted by molar-refractivity contribution is 0.0231. The highest BCUT2D eigenvalue weighted by Crippen LogP contribution is 2.20. The molecule has 1 fully saturated rings. The summed E-state index contributed by atoms with van der Waals surface area (Å²) in [5.41, 5.74) is 3.47. The van der Waals surface area contributed by atoms with Gasteiger partial charge in [0.15, 0.2) is 0 Å². The Kier molecular flexibility index (Phi) is 3.75. The van der Waals surface area contributed by atoms with Crippen molar-refractivity contribution in [2.75, 3.05) is 17.3 Å². The van der Waals surface area contributed by atoms with Crippen LogP contribution in [0.5, 0.6) is 0 Å². The Bertz CT molecular complexity index is 384. The molecule has 0 aliphatic carbocycles. The molecule has 0 radical (unpaired) electrons. The first kappa shape index (κ1) is 12.1. The number of aromatic nitrogens is 2. The molecule has 94 valence electrons. The van der Waals surface area contributed by atoms with Crippen LogP contribution in [0.1, 0.15) is 25.3 Å². The third-order valence-electron chi connectivity index (χ3n) is 2.93. The number of nitrogens with two attached hydrogens (primary N) is 1. The number of nitrogens with zero attached hydrogens (tertiary/aromatic N) is 2. The fourth-order valence-electron chi connectivity index (χ4n) is 1.98. The van der Waals surface area contributed by atoms with Gasteiger partial charge in [0.25, 0.3) is 0 Å². The zero-order valence-corrected chi connectivity index (χ0v) is 10.2. The minimum absolute atomic E-state index is 0.301. The lowest BCUT2D eigenvalue weighted by Crippen LogP contribution is -2.33. The number of hydrogen-bond acceptors (Lipinski definition) is 6. The first-order valence-electron chi connectivity index (χ1n) is 5.87. The quantitative estimate of drug-likeness (QED) is 0.538. The van der Waals surface area contributed by atoms with E-state index in [0.29, 0.717) is 18.1 Å². The van der Waals surface area contributed by atoms with E-state index in [4.69, 9.17) is 10.6 Å². The van der Waals surface area contributed by atoms with Crippen LogP contribution in [0, 0.1) is 6.92 Å². The summed E-state index contributed by atoms with van der Waals surface area (Å²) in [6, 6.07) is 0.401. The van der Waals surface area contributed by atoms with Gasteiger partial charge >= 0.3 is 0 Å². The molecule has 4 N–H and O–H groups in total. The Hall–Kier alpha value is -1.40. The monoisotopic (exact) mass is 237 g/mol. The summed E-state index contributed by atoms with van der Waals surface area (Å²) in [4.78, 5) is 8.36. The summed E-state index contributed by atoms with van der Waals surface area (Å²) in [6.07, 6.45) is 4.05. The Morgan fingerprint density at radius 1 is 1.53 bits per heavy atom. The van der Waals surface area contributed by atoms with Crippen LogP contribution in [0.2, 0.25) is 0 Å². The highest BCUT2D eigenvalue weighted by molar-refractivity contribution is 5.46. The second-order valence-electron chi connectivity index (χ2n) is 4.42. The van der Waals surface area contributed by atoms with E-state index in [1.165, 1.54) is 0 Å². The normalized spacial score (nSPS) is 24.4. The molecule has 6 heteroatoms. The van der Waals surface area contributed by atoms with Crippen LogP contribution < -0.4 is 16.6 Å². The minimum atomic E-state index is 0.301. The van der Waals surface area contributed by atoms with Gasteiger partial charge in [-0.1, -0.05) is 0 Å². The van der Waals surface area contributed by atoms with Crippen LogP contribution in [-0.4, -0.2) is 28.7 Å². The first-order valence-corrected chi connectivity index (χ1v) is 5.87. The highest BCUT2D eigenvalue weighted by atomic mass is 16.5. The summed E-state index contributed by atoms with van der Waals surface area (Å²) in [7, 11) is 0. The maximum absolute atomic E-state index is 5.52. The second kappa shape index (κ2) is 5.29. The molecular formula is C11H19N5O. The number of rotatable bonds is 3. The van der Waals surface area contributed by atoms with Crippen molar-refractivity contribution in [1.29, 1.82) is 0 Å². The predicted octanol–water partition coefficient (Wildman–Crippen LogP) is 1.05.